The number of hydrogen-bond acceptors (Lipinski definition) is 4. The molecule has 108 valence electrons. The Morgan fingerprint density at radius 1 is 1.10 bits per heavy atom. The van der Waals surface area contributed by atoms with Crippen molar-refractivity contribution in [1.82, 2.24) is 19.6 Å². The van der Waals surface area contributed by atoms with Gasteiger partial charge in [0, 0.05) is 17.8 Å². The van der Waals surface area contributed by atoms with E-state index in [2.05, 4.69) is 15.1 Å². The molecule has 0 fully saturated rings. The van der Waals surface area contributed by atoms with E-state index in [0.29, 0.717) is 17.1 Å². The third-order valence-corrected chi connectivity index (χ3v) is 2.93. The van der Waals surface area contributed by atoms with Crippen LogP contribution in [0, 0.1) is 0 Å². The van der Waals surface area contributed by atoms with E-state index in [1.807, 2.05) is 0 Å². The molecule has 3 heterocycles. The molecule has 0 atom stereocenters. The first-order valence-corrected chi connectivity index (χ1v) is 5.90. The van der Waals surface area contributed by atoms with Gasteiger partial charge in [0.2, 0.25) is 5.88 Å². The maximum Gasteiger partial charge on any atom is 0.418 e. The molecule has 0 N–H and O–H groups in total. The largest absolute Gasteiger partial charge is 0.481 e. The van der Waals surface area contributed by atoms with Crippen LogP contribution < -0.4 is 4.74 Å². The van der Waals surface area contributed by atoms with Gasteiger partial charge in [-0.2, -0.15) is 18.3 Å². The fourth-order valence-electron chi connectivity index (χ4n) is 1.88. The molecule has 3 aromatic heterocycles. The molecule has 0 amide bonds. The molecule has 0 aliphatic rings. The molecule has 0 unspecified atom stereocenters. The van der Waals surface area contributed by atoms with Gasteiger partial charge in [-0.15, -0.1) is 0 Å². The average molecular weight is 294 g/mol. The minimum absolute atomic E-state index is 0.121. The Labute approximate surface area is 117 Å². The van der Waals surface area contributed by atoms with Crippen LogP contribution in [-0.4, -0.2) is 26.7 Å². The molecule has 0 aliphatic carbocycles. The van der Waals surface area contributed by atoms with Crippen LogP contribution in [0.5, 0.6) is 5.88 Å². The molecule has 21 heavy (non-hydrogen) atoms. The van der Waals surface area contributed by atoms with Gasteiger partial charge < -0.3 is 4.74 Å². The molecule has 5 nitrogen and oxygen atoms in total. The van der Waals surface area contributed by atoms with Gasteiger partial charge in [-0.1, -0.05) is 0 Å². The number of aromatic nitrogens is 4. The van der Waals surface area contributed by atoms with Crippen LogP contribution in [-0.2, 0) is 6.18 Å². The Balaban J connectivity index is 2.07. The summed E-state index contributed by atoms with van der Waals surface area (Å²) in [6, 6.07) is 4.33. The molecule has 3 rings (SSSR count). The molecule has 0 spiro atoms. The van der Waals surface area contributed by atoms with Crippen molar-refractivity contribution < 1.29 is 17.9 Å². The van der Waals surface area contributed by atoms with Crippen LogP contribution in [0.15, 0.2) is 36.8 Å². The zero-order valence-corrected chi connectivity index (χ0v) is 10.8. The molecular weight excluding hydrogens is 285 g/mol. The number of fused-ring (bicyclic) bond motifs is 1. The van der Waals surface area contributed by atoms with Gasteiger partial charge in [-0.3, -0.25) is 0 Å². The fourth-order valence-corrected chi connectivity index (χ4v) is 1.88. The summed E-state index contributed by atoms with van der Waals surface area (Å²) in [5, 5.41) is 3.80. The van der Waals surface area contributed by atoms with Crippen molar-refractivity contribution in [2.24, 2.45) is 0 Å². The number of halogens is 3. The molecule has 3 aromatic rings. The van der Waals surface area contributed by atoms with Crippen molar-refractivity contribution in [3.63, 3.8) is 0 Å². The highest BCUT2D eigenvalue weighted by Crippen LogP contribution is 2.30. The second kappa shape index (κ2) is 4.72. The van der Waals surface area contributed by atoms with Crippen LogP contribution in [0.25, 0.3) is 16.9 Å². The van der Waals surface area contributed by atoms with E-state index in [0.717, 1.165) is 12.3 Å². The Morgan fingerprint density at radius 3 is 2.52 bits per heavy atom. The molecular formula is C13H9F3N4O. The SMILES string of the molecule is COc1ccc(-c2cnc3cc(C(F)(F)F)cnn23)cn1. The minimum atomic E-state index is -4.44. The summed E-state index contributed by atoms with van der Waals surface area (Å²) in [5.41, 5.74) is 0.514. The predicted octanol–water partition coefficient (Wildman–Crippen LogP) is 2.82. The summed E-state index contributed by atoms with van der Waals surface area (Å²) in [5.74, 6) is 0.444. The normalized spacial score (nSPS) is 11.8. The van der Waals surface area contributed by atoms with E-state index < -0.39 is 11.7 Å². The summed E-state index contributed by atoms with van der Waals surface area (Å²) in [6.45, 7) is 0. The van der Waals surface area contributed by atoms with Crippen molar-refractivity contribution in [3.05, 3.63) is 42.4 Å². The van der Waals surface area contributed by atoms with Gasteiger partial charge in [0.1, 0.15) is 0 Å². The van der Waals surface area contributed by atoms with Gasteiger partial charge in [0.25, 0.3) is 0 Å². The summed E-state index contributed by atoms with van der Waals surface area (Å²) >= 11 is 0. The maximum atomic E-state index is 12.6. The Bertz CT molecular complexity index is 780. The zero-order valence-electron chi connectivity index (χ0n) is 10.8. The Morgan fingerprint density at radius 2 is 1.90 bits per heavy atom. The zero-order chi connectivity index (χ0) is 15.0. The molecule has 0 aromatic carbocycles. The number of imidazole rings is 1. The summed E-state index contributed by atoms with van der Waals surface area (Å²) in [6.07, 6.45) is -0.675. The quantitative estimate of drug-likeness (QED) is 0.729. The molecule has 0 aliphatic heterocycles. The van der Waals surface area contributed by atoms with Crippen molar-refractivity contribution in [3.8, 4) is 17.1 Å². The van der Waals surface area contributed by atoms with Gasteiger partial charge in [-0.25, -0.2) is 14.5 Å². The third-order valence-electron chi connectivity index (χ3n) is 2.93. The highest BCUT2D eigenvalue weighted by Gasteiger charge is 2.31. The van der Waals surface area contributed by atoms with Crippen molar-refractivity contribution in [2.45, 2.75) is 6.18 Å². The maximum absolute atomic E-state index is 12.6. The average Bonchev–Trinajstić information content (AvgIpc) is 2.89. The van der Waals surface area contributed by atoms with E-state index >= 15 is 0 Å². The summed E-state index contributed by atoms with van der Waals surface area (Å²) in [4.78, 5) is 8.00. The number of nitrogens with zero attached hydrogens (tertiary/aromatic N) is 4. The first-order chi connectivity index (χ1) is 9.99. The third kappa shape index (κ3) is 2.39. The minimum Gasteiger partial charge on any atom is -0.481 e. The smallest absolute Gasteiger partial charge is 0.418 e. The molecule has 0 saturated heterocycles. The lowest BCUT2D eigenvalue weighted by molar-refractivity contribution is -0.137. The van der Waals surface area contributed by atoms with E-state index in [-0.39, 0.29) is 5.65 Å². The second-order valence-corrected chi connectivity index (χ2v) is 4.24. The van der Waals surface area contributed by atoms with Crippen LogP contribution >= 0.6 is 0 Å². The monoisotopic (exact) mass is 294 g/mol. The Hall–Kier alpha value is -2.64. The van der Waals surface area contributed by atoms with Gasteiger partial charge in [0.15, 0.2) is 5.65 Å². The summed E-state index contributed by atoms with van der Waals surface area (Å²) < 4.78 is 44.2. The van der Waals surface area contributed by atoms with Crippen molar-refractivity contribution in [1.29, 1.82) is 0 Å². The first-order valence-electron chi connectivity index (χ1n) is 5.90. The van der Waals surface area contributed by atoms with Crippen molar-refractivity contribution >= 4 is 5.65 Å². The van der Waals surface area contributed by atoms with Crippen LogP contribution in [0.4, 0.5) is 13.2 Å². The van der Waals surface area contributed by atoms with E-state index in [9.17, 15) is 13.2 Å². The second-order valence-electron chi connectivity index (χ2n) is 4.24. The van der Waals surface area contributed by atoms with Gasteiger partial charge >= 0.3 is 6.18 Å². The summed E-state index contributed by atoms with van der Waals surface area (Å²) in [7, 11) is 1.50. The highest BCUT2D eigenvalue weighted by molar-refractivity contribution is 5.62. The van der Waals surface area contributed by atoms with Crippen LogP contribution in [0.2, 0.25) is 0 Å². The number of alkyl halides is 3. The first kappa shape index (κ1) is 13.3. The van der Waals surface area contributed by atoms with Gasteiger partial charge in [0.05, 0.1) is 30.8 Å². The van der Waals surface area contributed by atoms with Crippen LogP contribution in [0.1, 0.15) is 5.56 Å². The van der Waals surface area contributed by atoms with Crippen molar-refractivity contribution in [2.75, 3.05) is 7.11 Å². The number of ether oxygens (including phenoxy) is 1. The number of hydrogen-bond donors (Lipinski definition) is 0. The lowest BCUT2D eigenvalue weighted by Crippen LogP contribution is -2.07. The fraction of sp³-hybridized carbons (Fsp3) is 0.154. The predicted molar refractivity (Wildman–Crippen MR) is 67.8 cm³/mol. The topological polar surface area (TPSA) is 52.3 Å². The lowest BCUT2D eigenvalue weighted by atomic mass is 10.2. The van der Waals surface area contributed by atoms with E-state index in [4.69, 9.17) is 4.74 Å². The highest BCUT2D eigenvalue weighted by atomic mass is 19.4. The molecule has 8 heteroatoms. The standard InChI is InChI=1S/C13H9F3N4O/c1-21-12-3-2-8(5-18-12)10-7-17-11-4-9(13(14,15)16)6-19-20(10)11/h2-7H,1H3. The Kier molecular flexibility index (Phi) is 3.00. The number of rotatable bonds is 2. The molecule has 0 saturated carbocycles. The number of methoxy groups -OCH3 is 1. The molecule has 0 radical (unpaired) electrons. The van der Waals surface area contributed by atoms with Crippen LogP contribution in [0.3, 0.4) is 0 Å². The lowest BCUT2D eigenvalue weighted by Gasteiger charge is -2.06. The molecule has 0 bridgehead atoms. The number of pyridine rings is 1. The van der Waals surface area contributed by atoms with E-state index in [1.165, 1.54) is 17.8 Å². The van der Waals surface area contributed by atoms with E-state index in [1.54, 1.807) is 18.3 Å². The van der Waals surface area contributed by atoms with Gasteiger partial charge in [-0.05, 0) is 12.1 Å².